The Hall–Kier alpha value is -3.35. The third kappa shape index (κ3) is 4.84. The molecule has 27 heavy (non-hydrogen) atoms. The Morgan fingerprint density at radius 1 is 1.15 bits per heavy atom. The summed E-state index contributed by atoms with van der Waals surface area (Å²) in [7, 11) is 0. The molecule has 0 aliphatic rings. The summed E-state index contributed by atoms with van der Waals surface area (Å²) in [6, 6.07) is 12.2. The number of hydrogen-bond donors (Lipinski definition) is 2. The number of aromatic amines is 1. The molecule has 0 saturated carbocycles. The van der Waals surface area contributed by atoms with Crippen molar-refractivity contribution in [2.24, 2.45) is 0 Å². The molecule has 7 heteroatoms. The fourth-order valence-electron chi connectivity index (χ4n) is 2.74. The summed E-state index contributed by atoms with van der Waals surface area (Å²) in [5, 5.41) is 3.50. The second kappa shape index (κ2) is 8.84. The van der Waals surface area contributed by atoms with Gasteiger partial charge >= 0.3 is 12.1 Å². The van der Waals surface area contributed by atoms with Crippen molar-refractivity contribution in [2.45, 2.75) is 26.0 Å². The Morgan fingerprint density at radius 3 is 2.74 bits per heavy atom. The minimum atomic E-state index is -0.854. The second-order valence-corrected chi connectivity index (χ2v) is 5.93. The lowest BCUT2D eigenvalue weighted by molar-refractivity contribution is -0.145. The van der Waals surface area contributed by atoms with Gasteiger partial charge in [0.05, 0.1) is 6.61 Å². The van der Waals surface area contributed by atoms with E-state index in [1.165, 1.54) is 0 Å². The maximum Gasteiger partial charge on any atom is 0.408 e. The quantitative estimate of drug-likeness (QED) is 0.626. The molecular formula is C20H21N3O4. The molecule has 1 aromatic carbocycles. The monoisotopic (exact) mass is 367 g/mol. The van der Waals surface area contributed by atoms with E-state index in [4.69, 9.17) is 9.47 Å². The molecular weight excluding hydrogens is 346 g/mol. The number of hydrogen-bond acceptors (Lipinski definition) is 5. The predicted molar refractivity (Wildman–Crippen MR) is 100.0 cm³/mol. The van der Waals surface area contributed by atoms with Crippen molar-refractivity contribution in [3.8, 4) is 0 Å². The Kier molecular flexibility index (Phi) is 6.04. The molecule has 7 nitrogen and oxygen atoms in total. The lowest BCUT2D eigenvalue weighted by Gasteiger charge is -2.17. The van der Waals surface area contributed by atoms with E-state index in [0.29, 0.717) is 0 Å². The van der Waals surface area contributed by atoms with Crippen LogP contribution in [-0.2, 0) is 27.3 Å². The number of pyridine rings is 1. The number of esters is 1. The van der Waals surface area contributed by atoms with Crippen LogP contribution in [0.3, 0.4) is 0 Å². The van der Waals surface area contributed by atoms with Gasteiger partial charge in [0.15, 0.2) is 0 Å². The van der Waals surface area contributed by atoms with Gasteiger partial charge in [0.25, 0.3) is 0 Å². The van der Waals surface area contributed by atoms with Crippen molar-refractivity contribution in [3.63, 3.8) is 0 Å². The summed E-state index contributed by atoms with van der Waals surface area (Å²) >= 11 is 0. The highest BCUT2D eigenvalue weighted by molar-refractivity contribution is 5.84. The molecule has 2 heterocycles. The average molecular weight is 367 g/mol. The maximum absolute atomic E-state index is 12.3. The first-order valence-electron chi connectivity index (χ1n) is 8.72. The summed E-state index contributed by atoms with van der Waals surface area (Å²) in [5.41, 5.74) is 2.45. The Labute approximate surface area is 156 Å². The summed E-state index contributed by atoms with van der Waals surface area (Å²) in [6.45, 7) is 2.07. The van der Waals surface area contributed by atoms with Crippen molar-refractivity contribution in [3.05, 3.63) is 66.0 Å². The predicted octanol–water partition coefficient (Wildman–Crippen LogP) is 2.96. The molecule has 140 valence electrons. The SMILES string of the molecule is CCOC(=O)[C@@H](Cc1c[nH]c2ncccc12)NC(=O)OCc1ccccc1. The molecule has 2 N–H and O–H groups in total. The molecule has 0 saturated heterocycles. The summed E-state index contributed by atoms with van der Waals surface area (Å²) < 4.78 is 10.3. The number of alkyl carbamates (subject to hydrolysis) is 1. The number of rotatable bonds is 7. The number of amides is 1. The number of nitrogens with one attached hydrogen (secondary N) is 2. The number of benzene rings is 1. The molecule has 0 radical (unpaired) electrons. The van der Waals surface area contributed by atoms with Gasteiger partial charge in [-0.2, -0.15) is 0 Å². The normalized spacial score (nSPS) is 11.7. The summed E-state index contributed by atoms with van der Waals surface area (Å²) in [4.78, 5) is 31.8. The number of H-pyrrole nitrogens is 1. The van der Waals surface area contributed by atoms with E-state index in [2.05, 4.69) is 15.3 Å². The highest BCUT2D eigenvalue weighted by Crippen LogP contribution is 2.17. The first-order valence-corrected chi connectivity index (χ1v) is 8.72. The van der Waals surface area contributed by atoms with E-state index in [1.807, 2.05) is 42.5 Å². The van der Waals surface area contributed by atoms with Crippen LogP contribution >= 0.6 is 0 Å². The lowest BCUT2D eigenvalue weighted by atomic mass is 10.1. The van der Waals surface area contributed by atoms with Gasteiger partial charge in [0, 0.05) is 24.2 Å². The Bertz CT molecular complexity index is 908. The van der Waals surface area contributed by atoms with Crippen molar-refractivity contribution in [2.75, 3.05) is 6.61 Å². The molecule has 1 amide bonds. The molecule has 0 aliphatic heterocycles. The van der Waals surface area contributed by atoms with Gasteiger partial charge in [-0.15, -0.1) is 0 Å². The number of aromatic nitrogens is 2. The van der Waals surface area contributed by atoms with Gasteiger partial charge in [0.1, 0.15) is 18.3 Å². The van der Waals surface area contributed by atoms with E-state index < -0.39 is 18.1 Å². The molecule has 1 atom stereocenters. The standard InChI is InChI=1S/C20H21N3O4/c1-2-26-19(24)17(11-15-12-22-18-16(15)9-6-10-21-18)23-20(25)27-13-14-7-4-3-5-8-14/h3-10,12,17H,2,11,13H2,1H3,(H,21,22)(H,23,25)/t17-/m1/s1. The van der Waals surface area contributed by atoms with Crippen LogP contribution in [0, 0.1) is 0 Å². The highest BCUT2D eigenvalue weighted by Gasteiger charge is 2.24. The largest absolute Gasteiger partial charge is 0.464 e. The average Bonchev–Trinajstić information content (AvgIpc) is 3.10. The summed E-state index contributed by atoms with van der Waals surface area (Å²) in [6.07, 6.45) is 3.06. The number of nitrogens with zero attached hydrogens (tertiary/aromatic N) is 1. The molecule has 3 aromatic rings. The van der Waals surface area contributed by atoms with E-state index in [-0.39, 0.29) is 19.6 Å². The van der Waals surface area contributed by atoms with Gasteiger partial charge < -0.3 is 19.8 Å². The van der Waals surface area contributed by atoms with Crippen LogP contribution in [0.25, 0.3) is 11.0 Å². The van der Waals surface area contributed by atoms with Crippen LogP contribution in [0.1, 0.15) is 18.1 Å². The van der Waals surface area contributed by atoms with E-state index in [9.17, 15) is 9.59 Å². The molecule has 0 aliphatic carbocycles. The molecule has 0 fully saturated rings. The van der Waals surface area contributed by atoms with Crippen LogP contribution in [-0.4, -0.2) is 34.7 Å². The number of carbonyl (C=O) groups is 2. The summed E-state index contributed by atoms with van der Waals surface area (Å²) in [5.74, 6) is -0.507. The zero-order valence-electron chi connectivity index (χ0n) is 15.0. The fourth-order valence-corrected chi connectivity index (χ4v) is 2.74. The van der Waals surface area contributed by atoms with Gasteiger partial charge in [0.2, 0.25) is 0 Å². The lowest BCUT2D eigenvalue weighted by Crippen LogP contribution is -2.43. The first-order chi connectivity index (χ1) is 13.2. The maximum atomic E-state index is 12.3. The van der Waals surface area contributed by atoms with Crippen LogP contribution < -0.4 is 5.32 Å². The molecule has 2 aromatic heterocycles. The topological polar surface area (TPSA) is 93.3 Å². The van der Waals surface area contributed by atoms with E-state index in [1.54, 1.807) is 19.3 Å². The number of carbonyl (C=O) groups excluding carboxylic acids is 2. The van der Waals surface area contributed by atoms with Crippen molar-refractivity contribution < 1.29 is 19.1 Å². The van der Waals surface area contributed by atoms with Gasteiger partial charge in [-0.1, -0.05) is 30.3 Å². The zero-order chi connectivity index (χ0) is 19.1. The van der Waals surface area contributed by atoms with Crippen molar-refractivity contribution >= 4 is 23.1 Å². The Morgan fingerprint density at radius 2 is 1.96 bits per heavy atom. The minimum Gasteiger partial charge on any atom is -0.464 e. The molecule has 0 bridgehead atoms. The van der Waals surface area contributed by atoms with E-state index in [0.717, 1.165) is 22.2 Å². The van der Waals surface area contributed by atoms with Crippen LogP contribution in [0.2, 0.25) is 0 Å². The fraction of sp³-hybridized carbons (Fsp3) is 0.250. The Balaban J connectivity index is 1.67. The van der Waals surface area contributed by atoms with E-state index >= 15 is 0 Å². The third-order valence-corrected chi connectivity index (χ3v) is 4.04. The van der Waals surface area contributed by atoms with Crippen LogP contribution in [0.15, 0.2) is 54.9 Å². The minimum absolute atomic E-state index is 0.124. The van der Waals surface area contributed by atoms with Gasteiger partial charge in [-0.3, -0.25) is 0 Å². The third-order valence-electron chi connectivity index (χ3n) is 4.04. The zero-order valence-corrected chi connectivity index (χ0v) is 15.0. The highest BCUT2D eigenvalue weighted by atomic mass is 16.6. The van der Waals surface area contributed by atoms with Crippen LogP contribution in [0.4, 0.5) is 4.79 Å². The van der Waals surface area contributed by atoms with Crippen molar-refractivity contribution in [1.29, 1.82) is 0 Å². The second-order valence-electron chi connectivity index (χ2n) is 5.93. The molecule has 0 spiro atoms. The van der Waals surface area contributed by atoms with Crippen molar-refractivity contribution in [1.82, 2.24) is 15.3 Å². The van der Waals surface area contributed by atoms with Crippen LogP contribution in [0.5, 0.6) is 0 Å². The smallest absolute Gasteiger partial charge is 0.408 e. The van der Waals surface area contributed by atoms with Gasteiger partial charge in [-0.05, 0) is 30.2 Å². The number of ether oxygens (including phenoxy) is 2. The first kappa shape index (κ1) is 18.4. The van der Waals surface area contributed by atoms with Gasteiger partial charge in [-0.25, -0.2) is 14.6 Å². The molecule has 3 rings (SSSR count). The number of fused-ring (bicyclic) bond motifs is 1. The molecule has 0 unspecified atom stereocenters.